The molecule has 4 rings (SSSR count). The van der Waals surface area contributed by atoms with Crippen LogP contribution in [0.1, 0.15) is 27.0 Å². The number of esters is 1. The quantitative estimate of drug-likeness (QED) is 0.305. The fraction of sp³-hybridized carbons (Fsp3) is 0.120. The van der Waals surface area contributed by atoms with Crippen LogP contribution in [0.4, 0.5) is 0 Å². The summed E-state index contributed by atoms with van der Waals surface area (Å²) in [6, 6.07) is 17.5. The van der Waals surface area contributed by atoms with Crippen molar-refractivity contribution in [1.29, 1.82) is 0 Å². The van der Waals surface area contributed by atoms with E-state index >= 15 is 0 Å². The number of rotatable bonds is 5. The van der Waals surface area contributed by atoms with Gasteiger partial charge in [-0.1, -0.05) is 35.9 Å². The Bertz CT molecular complexity index is 1180. The lowest BCUT2D eigenvalue weighted by atomic mass is 10.0. The van der Waals surface area contributed by atoms with Crippen molar-refractivity contribution in [2.75, 3.05) is 7.11 Å². The van der Waals surface area contributed by atoms with Crippen molar-refractivity contribution >= 4 is 29.4 Å². The summed E-state index contributed by atoms with van der Waals surface area (Å²) in [7, 11) is 1.59. The fourth-order valence-corrected chi connectivity index (χ4v) is 3.45. The van der Waals surface area contributed by atoms with E-state index < -0.39 is 5.97 Å². The summed E-state index contributed by atoms with van der Waals surface area (Å²) in [5.41, 5.74) is 2.75. The first-order valence-electron chi connectivity index (χ1n) is 9.61. The molecular formula is C25H19ClO5. The molecule has 0 aliphatic carbocycles. The number of ether oxygens (including phenoxy) is 3. The SMILES string of the molecule is COc1ccc(/C=C2\Oc3cc(OC(=O)Cc4ccc(Cl)cc4)cc(C)c3C2=O)cc1. The van der Waals surface area contributed by atoms with Crippen LogP contribution in [0, 0.1) is 6.92 Å². The lowest BCUT2D eigenvalue weighted by Gasteiger charge is -2.08. The monoisotopic (exact) mass is 434 g/mol. The molecule has 31 heavy (non-hydrogen) atoms. The Kier molecular flexibility index (Phi) is 5.78. The van der Waals surface area contributed by atoms with Crippen molar-refractivity contribution in [3.05, 3.63) is 93.7 Å². The fourth-order valence-electron chi connectivity index (χ4n) is 3.32. The van der Waals surface area contributed by atoms with Gasteiger partial charge in [-0.25, -0.2) is 0 Å². The van der Waals surface area contributed by atoms with Gasteiger partial charge in [0.05, 0.1) is 19.1 Å². The standard InChI is InChI=1S/C25H19ClO5/c1-15-11-20(30-23(27)13-17-3-7-18(26)8-4-17)14-21-24(15)25(28)22(31-21)12-16-5-9-19(29-2)10-6-16/h3-12,14H,13H2,1-2H3/b22-12-. The average molecular weight is 435 g/mol. The van der Waals surface area contributed by atoms with Crippen LogP contribution in [-0.4, -0.2) is 18.9 Å². The number of fused-ring (bicyclic) bond motifs is 1. The smallest absolute Gasteiger partial charge is 0.315 e. The van der Waals surface area contributed by atoms with Crippen LogP contribution >= 0.6 is 11.6 Å². The molecule has 156 valence electrons. The number of hydrogen-bond donors (Lipinski definition) is 0. The van der Waals surface area contributed by atoms with Gasteiger partial charge in [0.25, 0.3) is 0 Å². The minimum atomic E-state index is -0.417. The van der Waals surface area contributed by atoms with Crippen molar-refractivity contribution in [3.63, 3.8) is 0 Å². The van der Waals surface area contributed by atoms with Gasteiger partial charge < -0.3 is 14.2 Å². The molecule has 0 saturated heterocycles. The molecule has 0 spiro atoms. The van der Waals surface area contributed by atoms with Crippen molar-refractivity contribution < 1.29 is 23.8 Å². The molecule has 0 unspecified atom stereocenters. The van der Waals surface area contributed by atoms with E-state index in [1.54, 1.807) is 56.5 Å². The molecule has 3 aromatic carbocycles. The van der Waals surface area contributed by atoms with Crippen LogP contribution in [0.15, 0.2) is 66.4 Å². The van der Waals surface area contributed by atoms with Gasteiger partial charge in [-0.2, -0.15) is 0 Å². The summed E-state index contributed by atoms with van der Waals surface area (Å²) in [6.45, 7) is 1.78. The van der Waals surface area contributed by atoms with Gasteiger partial charge in [-0.05, 0) is 60.0 Å². The number of allylic oxidation sites excluding steroid dienone is 1. The first-order valence-corrected chi connectivity index (χ1v) is 9.99. The first kappa shape index (κ1) is 20.7. The van der Waals surface area contributed by atoms with Crippen LogP contribution < -0.4 is 14.2 Å². The summed E-state index contributed by atoms with van der Waals surface area (Å²) < 4.78 is 16.4. The number of methoxy groups -OCH3 is 1. The molecule has 1 heterocycles. The summed E-state index contributed by atoms with van der Waals surface area (Å²) in [4.78, 5) is 25.1. The summed E-state index contributed by atoms with van der Waals surface area (Å²) in [6.07, 6.45) is 1.78. The molecule has 5 nitrogen and oxygen atoms in total. The zero-order valence-corrected chi connectivity index (χ0v) is 17.7. The third kappa shape index (κ3) is 4.62. The Hall–Kier alpha value is -3.57. The molecule has 0 fully saturated rings. The van der Waals surface area contributed by atoms with Gasteiger partial charge in [-0.15, -0.1) is 0 Å². The van der Waals surface area contributed by atoms with Gasteiger partial charge in [-0.3, -0.25) is 9.59 Å². The zero-order valence-electron chi connectivity index (χ0n) is 17.0. The summed E-state index contributed by atoms with van der Waals surface area (Å²) in [5.74, 6) is 1.02. The minimum Gasteiger partial charge on any atom is -0.497 e. The number of halogens is 1. The van der Waals surface area contributed by atoms with Gasteiger partial charge in [0.15, 0.2) is 5.76 Å². The van der Waals surface area contributed by atoms with Crippen LogP contribution in [-0.2, 0) is 11.2 Å². The van der Waals surface area contributed by atoms with E-state index in [0.29, 0.717) is 27.6 Å². The molecule has 6 heteroatoms. The molecule has 0 radical (unpaired) electrons. The predicted molar refractivity (Wildman–Crippen MR) is 118 cm³/mol. The summed E-state index contributed by atoms with van der Waals surface area (Å²) >= 11 is 5.87. The Balaban J connectivity index is 1.51. The van der Waals surface area contributed by atoms with Gasteiger partial charge in [0.2, 0.25) is 5.78 Å². The molecule has 0 atom stereocenters. The van der Waals surface area contributed by atoms with Gasteiger partial charge in [0, 0.05) is 11.1 Å². The topological polar surface area (TPSA) is 61.8 Å². The highest BCUT2D eigenvalue weighted by atomic mass is 35.5. The molecule has 0 amide bonds. The minimum absolute atomic E-state index is 0.107. The Morgan fingerprint density at radius 1 is 1.03 bits per heavy atom. The van der Waals surface area contributed by atoms with Crippen LogP contribution in [0.2, 0.25) is 5.02 Å². The number of carbonyl (C=O) groups is 2. The van der Waals surface area contributed by atoms with Crippen LogP contribution in [0.5, 0.6) is 17.2 Å². The van der Waals surface area contributed by atoms with Crippen molar-refractivity contribution in [2.24, 2.45) is 0 Å². The Labute approximate surface area is 184 Å². The molecule has 0 bridgehead atoms. The number of Topliss-reactive ketones (excluding diaryl/α,β-unsaturated/α-hetero) is 1. The van der Waals surface area contributed by atoms with Crippen LogP contribution in [0.3, 0.4) is 0 Å². The number of benzene rings is 3. The molecule has 1 aliphatic rings. The summed E-state index contributed by atoms with van der Waals surface area (Å²) in [5, 5.41) is 0.603. The highest BCUT2D eigenvalue weighted by molar-refractivity contribution is 6.30. The van der Waals surface area contributed by atoms with E-state index in [-0.39, 0.29) is 18.0 Å². The van der Waals surface area contributed by atoms with E-state index in [0.717, 1.165) is 16.9 Å². The van der Waals surface area contributed by atoms with Gasteiger partial charge in [0.1, 0.15) is 17.2 Å². The maximum Gasteiger partial charge on any atom is 0.315 e. The lowest BCUT2D eigenvalue weighted by Crippen LogP contribution is -2.11. The third-order valence-electron chi connectivity index (χ3n) is 4.85. The molecule has 0 N–H and O–H groups in total. The van der Waals surface area contributed by atoms with Crippen molar-refractivity contribution in [2.45, 2.75) is 13.3 Å². The number of aryl methyl sites for hydroxylation is 1. The molecular weight excluding hydrogens is 416 g/mol. The predicted octanol–water partition coefficient (Wildman–Crippen LogP) is 5.42. The van der Waals surface area contributed by atoms with E-state index in [1.807, 2.05) is 24.3 Å². The molecule has 0 saturated carbocycles. The Morgan fingerprint density at radius 2 is 1.74 bits per heavy atom. The van der Waals surface area contributed by atoms with E-state index in [2.05, 4.69) is 0 Å². The normalized spacial score (nSPS) is 13.6. The first-order chi connectivity index (χ1) is 14.9. The van der Waals surface area contributed by atoms with Crippen LogP contribution in [0.25, 0.3) is 6.08 Å². The van der Waals surface area contributed by atoms with E-state index in [1.165, 1.54) is 0 Å². The van der Waals surface area contributed by atoms with E-state index in [9.17, 15) is 9.59 Å². The second-order valence-corrected chi connectivity index (χ2v) is 7.54. The largest absolute Gasteiger partial charge is 0.497 e. The highest BCUT2D eigenvalue weighted by Crippen LogP contribution is 2.37. The molecule has 3 aromatic rings. The number of carbonyl (C=O) groups excluding carboxylic acids is 2. The third-order valence-corrected chi connectivity index (χ3v) is 5.10. The van der Waals surface area contributed by atoms with Gasteiger partial charge >= 0.3 is 5.97 Å². The maximum atomic E-state index is 12.8. The highest BCUT2D eigenvalue weighted by Gasteiger charge is 2.30. The molecule has 0 aromatic heterocycles. The zero-order chi connectivity index (χ0) is 22.0. The maximum absolute atomic E-state index is 12.8. The Morgan fingerprint density at radius 3 is 2.42 bits per heavy atom. The van der Waals surface area contributed by atoms with E-state index in [4.69, 9.17) is 25.8 Å². The number of hydrogen-bond acceptors (Lipinski definition) is 5. The lowest BCUT2D eigenvalue weighted by molar-refractivity contribution is -0.133. The molecule has 1 aliphatic heterocycles. The van der Waals surface area contributed by atoms with Crippen molar-refractivity contribution in [1.82, 2.24) is 0 Å². The van der Waals surface area contributed by atoms with Crippen molar-refractivity contribution in [3.8, 4) is 17.2 Å². The second kappa shape index (κ2) is 8.66. The second-order valence-electron chi connectivity index (χ2n) is 7.10. The average Bonchev–Trinajstić information content (AvgIpc) is 3.05. The number of ketones is 1.